The van der Waals surface area contributed by atoms with Crippen molar-refractivity contribution in [3.63, 3.8) is 0 Å². The molecule has 0 aromatic heterocycles. The van der Waals surface area contributed by atoms with Gasteiger partial charge in [0, 0.05) is 12.6 Å². The van der Waals surface area contributed by atoms with Gasteiger partial charge in [0.2, 0.25) is 5.91 Å². The predicted molar refractivity (Wildman–Crippen MR) is 84.6 cm³/mol. The molecular formula is C16H25N3O4. The zero-order valence-electron chi connectivity index (χ0n) is 13.5. The topological polar surface area (TPSA) is 87.7 Å². The maximum absolute atomic E-state index is 12.1. The summed E-state index contributed by atoms with van der Waals surface area (Å²) < 4.78 is 4.88. The number of hydrogen-bond acceptors (Lipinski definition) is 5. The van der Waals surface area contributed by atoms with Crippen molar-refractivity contribution in [2.45, 2.75) is 44.2 Å². The Hall–Kier alpha value is -1.89. The molecule has 2 fully saturated rings. The summed E-state index contributed by atoms with van der Waals surface area (Å²) in [6, 6.07) is -0.728. The molecule has 0 bridgehead atoms. The highest BCUT2D eigenvalue weighted by Gasteiger charge is 2.46. The highest BCUT2D eigenvalue weighted by atomic mass is 16.5. The molecule has 0 unspecified atom stereocenters. The smallest absolute Gasteiger partial charge is 0.323 e. The average molecular weight is 323 g/mol. The third-order valence-corrected chi connectivity index (χ3v) is 4.68. The number of fused-ring (bicyclic) bond motifs is 1. The van der Waals surface area contributed by atoms with Crippen LogP contribution in [0.5, 0.6) is 0 Å². The number of likely N-dealkylation sites (tertiary alicyclic amines) is 1. The molecular weight excluding hydrogens is 298 g/mol. The van der Waals surface area contributed by atoms with E-state index in [9.17, 15) is 14.4 Å². The first-order valence-corrected chi connectivity index (χ1v) is 8.09. The summed E-state index contributed by atoms with van der Waals surface area (Å²) in [5.41, 5.74) is 0. The molecule has 2 aliphatic rings. The molecule has 0 radical (unpaired) electrons. The van der Waals surface area contributed by atoms with Crippen LogP contribution >= 0.6 is 0 Å². The summed E-state index contributed by atoms with van der Waals surface area (Å²) in [4.78, 5) is 37.6. The van der Waals surface area contributed by atoms with Crippen molar-refractivity contribution >= 4 is 17.9 Å². The molecule has 3 atom stereocenters. The third kappa shape index (κ3) is 4.31. The SMILES string of the molecule is C=CCNC(=O)NC(=O)CN1[C@@H]2CCCC[C@@H]2C[C@H]1C(=O)OC. The van der Waals surface area contributed by atoms with Gasteiger partial charge in [-0.3, -0.25) is 19.8 Å². The van der Waals surface area contributed by atoms with Gasteiger partial charge in [-0.2, -0.15) is 0 Å². The quantitative estimate of drug-likeness (QED) is 0.577. The summed E-state index contributed by atoms with van der Waals surface area (Å²) in [5.74, 6) is -0.287. The average Bonchev–Trinajstić information content (AvgIpc) is 2.90. The van der Waals surface area contributed by atoms with Gasteiger partial charge in [0.1, 0.15) is 6.04 Å². The first kappa shape index (κ1) is 17.5. The van der Waals surface area contributed by atoms with E-state index in [0.717, 1.165) is 25.7 Å². The summed E-state index contributed by atoms with van der Waals surface area (Å²) in [7, 11) is 1.37. The molecule has 3 amide bonds. The molecule has 7 heteroatoms. The molecule has 0 aromatic carbocycles. The van der Waals surface area contributed by atoms with Crippen molar-refractivity contribution in [1.82, 2.24) is 15.5 Å². The van der Waals surface area contributed by atoms with E-state index < -0.39 is 18.0 Å². The molecule has 23 heavy (non-hydrogen) atoms. The van der Waals surface area contributed by atoms with E-state index in [0.29, 0.717) is 5.92 Å². The fourth-order valence-electron chi connectivity index (χ4n) is 3.69. The Morgan fingerprint density at radius 3 is 2.74 bits per heavy atom. The van der Waals surface area contributed by atoms with E-state index in [2.05, 4.69) is 17.2 Å². The number of ether oxygens (including phenoxy) is 1. The number of methoxy groups -OCH3 is 1. The number of nitrogens with zero attached hydrogens (tertiary/aromatic N) is 1. The minimum absolute atomic E-state index is 0.0302. The first-order valence-electron chi connectivity index (χ1n) is 8.09. The summed E-state index contributed by atoms with van der Waals surface area (Å²) in [6.45, 7) is 3.81. The van der Waals surface area contributed by atoms with Gasteiger partial charge in [-0.1, -0.05) is 18.9 Å². The van der Waals surface area contributed by atoms with Crippen molar-refractivity contribution in [2.75, 3.05) is 20.2 Å². The van der Waals surface area contributed by atoms with Crippen LogP contribution in [0, 0.1) is 5.92 Å². The lowest BCUT2D eigenvalue weighted by molar-refractivity contribution is -0.146. The van der Waals surface area contributed by atoms with Crippen LogP contribution in [0.15, 0.2) is 12.7 Å². The monoisotopic (exact) mass is 323 g/mol. The van der Waals surface area contributed by atoms with Gasteiger partial charge in [-0.05, 0) is 25.2 Å². The summed E-state index contributed by atoms with van der Waals surface area (Å²) in [6.07, 6.45) is 6.59. The number of carbonyl (C=O) groups is 3. The van der Waals surface area contributed by atoms with E-state index in [4.69, 9.17) is 4.74 Å². The number of amides is 3. The zero-order valence-corrected chi connectivity index (χ0v) is 13.5. The Bertz CT molecular complexity index is 480. The lowest BCUT2D eigenvalue weighted by Crippen LogP contribution is -2.50. The minimum atomic E-state index is -0.552. The second-order valence-electron chi connectivity index (χ2n) is 6.11. The van der Waals surface area contributed by atoms with Crippen LogP contribution in [0.2, 0.25) is 0 Å². The van der Waals surface area contributed by atoms with Gasteiger partial charge in [-0.25, -0.2) is 4.79 Å². The molecule has 0 spiro atoms. The Labute approximate surface area is 136 Å². The molecule has 0 aromatic rings. The maximum Gasteiger partial charge on any atom is 0.323 e. The van der Waals surface area contributed by atoms with Gasteiger partial charge in [0.25, 0.3) is 0 Å². The predicted octanol–water partition coefficient (Wildman–Crippen LogP) is 0.804. The molecule has 2 N–H and O–H groups in total. The van der Waals surface area contributed by atoms with Gasteiger partial charge in [0.05, 0.1) is 13.7 Å². The molecule has 1 saturated heterocycles. The van der Waals surface area contributed by atoms with Crippen LogP contribution < -0.4 is 10.6 Å². The zero-order chi connectivity index (χ0) is 16.8. The number of rotatable bonds is 5. The van der Waals surface area contributed by atoms with Crippen LogP contribution in [0.25, 0.3) is 0 Å². The Morgan fingerprint density at radius 1 is 1.30 bits per heavy atom. The van der Waals surface area contributed by atoms with E-state index in [1.807, 2.05) is 4.90 Å². The highest BCUT2D eigenvalue weighted by Crippen LogP contribution is 2.39. The van der Waals surface area contributed by atoms with Gasteiger partial charge in [0.15, 0.2) is 0 Å². The van der Waals surface area contributed by atoms with E-state index >= 15 is 0 Å². The van der Waals surface area contributed by atoms with E-state index in [1.165, 1.54) is 19.6 Å². The van der Waals surface area contributed by atoms with Crippen LogP contribution in [-0.4, -0.2) is 55.1 Å². The van der Waals surface area contributed by atoms with Crippen LogP contribution in [0.3, 0.4) is 0 Å². The number of carbonyl (C=O) groups excluding carboxylic acids is 3. The van der Waals surface area contributed by atoms with E-state index in [1.54, 1.807) is 0 Å². The third-order valence-electron chi connectivity index (χ3n) is 4.68. The van der Waals surface area contributed by atoms with Crippen molar-refractivity contribution in [2.24, 2.45) is 5.92 Å². The molecule has 1 heterocycles. The number of hydrogen-bond donors (Lipinski definition) is 2. The van der Waals surface area contributed by atoms with Crippen molar-refractivity contribution in [3.8, 4) is 0 Å². The normalized spacial score (nSPS) is 26.9. The number of esters is 1. The number of imide groups is 1. The minimum Gasteiger partial charge on any atom is -0.468 e. The van der Waals surface area contributed by atoms with Crippen molar-refractivity contribution in [3.05, 3.63) is 12.7 Å². The molecule has 128 valence electrons. The van der Waals surface area contributed by atoms with Gasteiger partial charge in [-0.15, -0.1) is 6.58 Å². The molecule has 7 nitrogen and oxygen atoms in total. The molecule has 1 aliphatic carbocycles. The standard InChI is InChI=1S/C16H25N3O4/c1-3-8-17-16(22)18-14(20)10-19-12-7-5-4-6-11(12)9-13(19)15(21)23-2/h3,11-13H,1,4-10H2,2H3,(H2,17,18,20,22)/t11-,12-,13+/m1/s1. The fourth-order valence-corrected chi connectivity index (χ4v) is 3.69. The van der Waals surface area contributed by atoms with Crippen LogP contribution in [0.1, 0.15) is 32.1 Å². The second-order valence-corrected chi connectivity index (χ2v) is 6.11. The first-order chi connectivity index (χ1) is 11.1. The van der Waals surface area contributed by atoms with E-state index in [-0.39, 0.29) is 25.1 Å². The lowest BCUT2D eigenvalue weighted by Gasteiger charge is -2.32. The summed E-state index contributed by atoms with van der Waals surface area (Å²) >= 11 is 0. The van der Waals surface area contributed by atoms with Gasteiger partial charge < -0.3 is 10.1 Å². The van der Waals surface area contributed by atoms with Gasteiger partial charge >= 0.3 is 12.0 Å². The Kier molecular flexibility index (Phi) is 6.15. The maximum atomic E-state index is 12.1. The fraction of sp³-hybridized carbons (Fsp3) is 0.688. The number of nitrogens with one attached hydrogen (secondary N) is 2. The van der Waals surface area contributed by atoms with Crippen LogP contribution in [-0.2, 0) is 14.3 Å². The Balaban J connectivity index is 1.98. The molecule has 1 aliphatic heterocycles. The highest BCUT2D eigenvalue weighted by molar-refractivity contribution is 5.95. The molecule has 1 saturated carbocycles. The largest absolute Gasteiger partial charge is 0.468 e. The second kappa shape index (κ2) is 8.10. The van der Waals surface area contributed by atoms with Crippen molar-refractivity contribution in [1.29, 1.82) is 0 Å². The van der Waals surface area contributed by atoms with Crippen molar-refractivity contribution < 1.29 is 19.1 Å². The number of urea groups is 1. The lowest BCUT2D eigenvalue weighted by atomic mass is 9.85. The van der Waals surface area contributed by atoms with Crippen LogP contribution in [0.4, 0.5) is 4.79 Å². The Morgan fingerprint density at radius 2 is 2.04 bits per heavy atom. The summed E-state index contributed by atoms with van der Waals surface area (Å²) in [5, 5.41) is 4.77. The molecule has 2 rings (SSSR count).